The Balaban J connectivity index is 2.93. The van der Waals surface area contributed by atoms with Crippen LogP contribution >= 0.6 is 0 Å². The molecule has 1 nitrogen and oxygen atoms in total. The Labute approximate surface area is 65.6 Å². The maximum absolute atomic E-state index is 5.25. The molecule has 1 heteroatoms. The van der Waals surface area contributed by atoms with Crippen molar-refractivity contribution in [2.75, 3.05) is 0 Å². The van der Waals surface area contributed by atoms with Gasteiger partial charge in [-0.1, -0.05) is 6.07 Å². The molecule has 0 saturated carbocycles. The van der Waals surface area contributed by atoms with Crippen LogP contribution < -0.4 is 0 Å². The van der Waals surface area contributed by atoms with Crippen molar-refractivity contribution < 1.29 is 4.42 Å². The zero-order chi connectivity index (χ0) is 7.84. The van der Waals surface area contributed by atoms with Crippen molar-refractivity contribution in [3.63, 3.8) is 0 Å². The van der Waals surface area contributed by atoms with Crippen molar-refractivity contribution in [2.45, 2.75) is 13.8 Å². The van der Waals surface area contributed by atoms with Crippen LogP contribution in [0, 0.1) is 13.8 Å². The molecule has 1 aromatic carbocycles. The second-order valence-electron chi connectivity index (χ2n) is 2.84. The van der Waals surface area contributed by atoms with E-state index >= 15 is 0 Å². The van der Waals surface area contributed by atoms with Gasteiger partial charge in [0.2, 0.25) is 0 Å². The Morgan fingerprint density at radius 2 is 1.91 bits per heavy atom. The van der Waals surface area contributed by atoms with E-state index in [4.69, 9.17) is 4.42 Å². The van der Waals surface area contributed by atoms with Crippen molar-refractivity contribution in [1.82, 2.24) is 0 Å². The highest BCUT2D eigenvalue weighted by molar-refractivity contribution is 5.81. The molecule has 56 valence electrons. The normalized spacial score (nSPS) is 10.7. The number of benzene rings is 1. The summed E-state index contributed by atoms with van der Waals surface area (Å²) in [4.78, 5) is 0. The Kier molecular flexibility index (Phi) is 1.25. The number of fused-ring (bicyclic) bond motifs is 1. The number of hydrogen-bond acceptors (Lipinski definition) is 1. The number of aryl methyl sites for hydroxylation is 2. The van der Waals surface area contributed by atoms with Crippen molar-refractivity contribution in [3.05, 3.63) is 35.6 Å². The molecule has 1 aromatic heterocycles. The summed E-state index contributed by atoms with van der Waals surface area (Å²) < 4.78 is 5.25. The third-order valence-electron chi connectivity index (χ3n) is 2.18. The zero-order valence-electron chi connectivity index (χ0n) is 6.72. The van der Waals surface area contributed by atoms with E-state index in [1.807, 2.05) is 12.1 Å². The molecule has 0 N–H and O–H groups in total. The minimum absolute atomic E-state index is 0.980. The van der Waals surface area contributed by atoms with Gasteiger partial charge in [-0.25, -0.2) is 0 Å². The van der Waals surface area contributed by atoms with E-state index in [9.17, 15) is 0 Å². The smallest absolute Gasteiger partial charge is 0.134 e. The second kappa shape index (κ2) is 2.12. The van der Waals surface area contributed by atoms with Crippen LogP contribution in [-0.2, 0) is 0 Å². The molecule has 0 amide bonds. The fraction of sp³-hybridized carbons (Fsp3) is 0.200. The topological polar surface area (TPSA) is 13.1 Å². The van der Waals surface area contributed by atoms with Gasteiger partial charge in [0, 0.05) is 5.39 Å². The molecule has 0 radical (unpaired) electrons. The van der Waals surface area contributed by atoms with Gasteiger partial charge in [-0.3, -0.25) is 0 Å². The molecule has 1 heterocycles. The predicted octanol–water partition coefficient (Wildman–Crippen LogP) is 3.05. The standard InChI is InChI=1S/C10H10O/c1-7-3-4-10-9(8(7)2)5-6-11-10/h3-6H,1-2H3. The third kappa shape index (κ3) is 0.845. The first-order chi connectivity index (χ1) is 5.29. The molecule has 2 rings (SSSR count). The van der Waals surface area contributed by atoms with Gasteiger partial charge in [0.25, 0.3) is 0 Å². The molecule has 0 atom stereocenters. The van der Waals surface area contributed by atoms with E-state index in [-0.39, 0.29) is 0 Å². The first kappa shape index (κ1) is 6.47. The SMILES string of the molecule is Cc1ccc2occc2c1C. The van der Waals surface area contributed by atoms with Gasteiger partial charge < -0.3 is 4.42 Å². The molecule has 0 saturated heterocycles. The largest absolute Gasteiger partial charge is 0.464 e. The summed E-state index contributed by atoms with van der Waals surface area (Å²) >= 11 is 0. The predicted molar refractivity (Wildman–Crippen MR) is 45.7 cm³/mol. The summed E-state index contributed by atoms with van der Waals surface area (Å²) in [6.07, 6.45) is 1.73. The quantitative estimate of drug-likeness (QED) is 0.556. The van der Waals surface area contributed by atoms with Gasteiger partial charge in [0.1, 0.15) is 5.58 Å². The molecule has 0 aliphatic carbocycles. The van der Waals surface area contributed by atoms with Gasteiger partial charge in [0.05, 0.1) is 6.26 Å². The van der Waals surface area contributed by atoms with E-state index < -0.39 is 0 Å². The summed E-state index contributed by atoms with van der Waals surface area (Å²) in [6, 6.07) is 6.11. The van der Waals surface area contributed by atoms with Crippen LogP contribution in [0.15, 0.2) is 28.9 Å². The van der Waals surface area contributed by atoms with Crippen molar-refractivity contribution in [2.24, 2.45) is 0 Å². The molecule has 0 aliphatic rings. The summed E-state index contributed by atoms with van der Waals surface area (Å²) in [5.74, 6) is 0. The highest BCUT2D eigenvalue weighted by atomic mass is 16.3. The summed E-state index contributed by atoms with van der Waals surface area (Å²) in [6.45, 7) is 4.23. The Hall–Kier alpha value is -1.24. The maximum atomic E-state index is 5.25. The van der Waals surface area contributed by atoms with Gasteiger partial charge in [-0.15, -0.1) is 0 Å². The molecular weight excluding hydrogens is 136 g/mol. The van der Waals surface area contributed by atoms with Gasteiger partial charge in [-0.05, 0) is 37.1 Å². The molecule has 0 bridgehead atoms. The second-order valence-corrected chi connectivity index (χ2v) is 2.84. The summed E-state index contributed by atoms with van der Waals surface area (Å²) in [5, 5.41) is 1.23. The summed E-state index contributed by atoms with van der Waals surface area (Å²) in [7, 11) is 0. The van der Waals surface area contributed by atoms with Crippen LogP contribution in [0.25, 0.3) is 11.0 Å². The van der Waals surface area contributed by atoms with Gasteiger partial charge in [-0.2, -0.15) is 0 Å². The molecule has 2 aromatic rings. The molecule has 0 fully saturated rings. The van der Waals surface area contributed by atoms with E-state index in [1.54, 1.807) is 6.26 Å². The van der Waals surface area contributed by atoms with Crippen molar-refractivity contribution in [1.29, 1.82) is 0 Å². The van der Waals surface area contributed by atoms with E-state index in [2.05, 4.69) is 19.9 Å². The minimum atomic E-state index is 0.980. The Bertz CT molecular complexity index is 385. The maximum Gasteiger partial charge on any atom is 0.134 e. The minimum Gasteiger partial charge on any atom is -0.464 e. The average Bonchev–Trinajstić information content (AvgIpc) is 2.45. The average molecular weight is 146 g/mol. The highest BCUT2D eigenvalue weighted by Gasteiger charge is 2.00. The first-order valence-electron chi connectivity index (χ1n) is 3.72. The number of hydrogen-bond donors (Lipinski definition) is 0. The lowest BCUT2D eigenvalue weighted by Gasteiger charge is -1.98. The van der Waals surface area contributed by atoms with Crippen molar-refractivity contribution >= 4 is 11.0 Å². The van der Waals surface area contributed by atoms with E-state index in [0.29, 0.717) is 0 Å². The van der Waals surface area contributed by atoms with Gasteiger partial charge in [0.15, 0.2) is 0 Å². The summed E-state index contributed by atoms with van der Waals surface area (Å²) in [5.41, 5.74) is 3.61. The van der Waals surface area contributed by atoms with Crippen molar-refractivity contribution in [3.8, 4) is 0 Å². The van der Waals surface area contributed by atoms with Crippen LogP contribution in [0.1, 0.15) is 11.1 Å². The molecular formula is C10H10O. The molecule has 11 heavy (non-hydrogen) atoms. The molecule has 0 aliphatic heterocycles. The van der Waals surface area contributed by atoms with Gasteiger partial charge >= 0.3 is 0 Å². The van der Waals surface area contributed by atoms with Crippen LogP contribution in [0.5, 0.6) is 0 Å². The monoisotopic (exact) mass is 146 g/mol. The van der Waals surface area contributed by atoms with Crippen LogP contribution in [0.4, 0.5) is 0 Å². The van der Waals surface area contributed by atoms with Crippen LogP contribution in [0.3, 0.4) is 0 Å². The number of rotatable bonds is 0. The Morgan fingerprint density at radius 1 is 1.09 bits per heavy atom. The highest BCUT2D eigenvalue weighted by Crippen LogP contribution is 2.21. The molecule has 0 unspecified atom stereocenters. The third-order valence-corrected chi connectivity index (χ3v) is 2.18. The molecule has 0 spiro atoms. The zero-order valence-corrected chi connectivity index (χ0v) is 6.72. The lowest BCUT2D eigenvalue weighted by Crippen LogP contribution is -1.78. The lowest BCUT2D eigenvalue weighted by atomic mass is 10.1. The fourth-order valence-corrected chi connectivity index (χ4v) is 1.30. The van der Waals surface area contributed by atoms with E-state index in [0.717, 1.165) is 5.58 Å². The van der Waals surface area contributed by atoms with Crippen LogP contribution in [0.2, 0.25) is 0 Å². The fourth-order valence-electron chi connectivity index (χ4n) is 1.30. The number of furan rings is 1. The Morgan fingerprint density at radius 3 is 2.73 bits per heavy atom. The van der Waals surface area contributed by atoms with Crippen LogP contribution in [-0.4, -0.2) is 0 Å². The van der Waals surface area contributed by atoms with E-state index in [1.165, 1.54) is 16.5 Å². The first-order valence-corrected chi connectivity index (χ1v) is 3.72. The lowest BCUT2D eigenvalue weighted by molar-refractivity contribution is 0.615.